The van der Waals surface area contributed by atoms with Crippen molar-refractivity contribution in [2.24, 2.45) is 0 Å². The van der Waals surface area contributed by atoms with Crippen molar-refractivity contribution in [1.29, 1.82) is 0 Å². The SMILES string of the molecule is O=C1COc2cc(C(=O)O)cc(c2)C(=O)N[C@H]2CN(Cc3ccc4cc(Cl)ccc4n3)C[C@@H]2Oc2ccc(cc2)CN1. The number of halogens is 1. The molecule has 10 nitrogen and oxygen atoms in total. The zero-order chi connectivity index (χ0) is 29.2. The van der Waals surface area contributed by atoms with Crippen molar-refractivity contribution in [3.63, 3.8) is 0 Å². The van der Waals surface area contributed by atoms with E-state index in [1.807, 2.05) is 54.6 Å². The Kier molecular flexibility index (Phi) is 7.64. The van der Waals surface area contributed by atoms with E-state index < -0.39 is 24.0 Å². The van der Waals surface area contributed by atoms with Crippen molar-refractivity contribution >= 4 is 40.3 Å². The molecule has 0 aliphatic carbocycles. The van der Waals surface area contributed by atoms with Gasteiger partial charge in [-0.15, -0.1) is 0 Å². The maximum Gasteiger partial charge on any atom is 0.335 e. The Balaban J connectivity index is 1.28. The molecule has 3 N–H and O–H groups in total. The first-order chi connectivity index (χ1) is 20.3. The number of amides is 2. The Bertz CT molecular complexity index is 1680. The molecule has 4 heterocycles. The average Bonchev–Trinajstić information content (AvgIpc) is 3.34. The molecule has 42 heavy (non-hydrogen) atoms. The number of aromatic nitrogens is 1. The summed E-state index contributed by atoms with van der Waals surface area (Å²) >= 11 is 6.12. The number of pyridine rings is 1. The number of carbonyl (C=O) groups excluding carboxylic acids is 2. The molecule has 11 heteroatoms. The molecule has 1 fully saturated rings. The van der Waals surface area contributed by atoms with E-state index in [4.69, 9.17) is 26.1 Å². The van der Waals surface area contributed by atoms with E-state index in [2.05, 4.69) is 15.5 Å². The monoisotopic (exact) mass is 586 g/mol. The van der Waals surface area contributed by atoms with Crippen LogP contribution in [0.3, 0.4) is 0 Å². The Morgan fingerprint density at radius 2 is 1.83 bits per heavy atom. The highest BCUT2D eigenvalue weighted by atomic mass is 35.5. The van der Waals surface area contributed by atoms with Gasteiger partial charge in [0.15, 0.2) is 6.61 Å². The van der Waals surface area contributed by atoms with Gasteiger partial charge in [-0.1, -0.05) is 29.8 Å². The number of nitrogens with zero attached hydrogens (tertiary/aromatic N) is 2. The summed E-state index contributed by atoms with van der Waals surface area (Å²) in [6.45, 7) is 1.49. The third-order valence-corrected chi connectivity index (χ3v) is 7.47. The van der Waals surface area contributed by atoms with Crippen LogP contribution >= 0.6 is 11.6 Å². The minimum atomic E-state index is -1.22. The van der Waals surface area contributed by atoms with Crippen LogP contribution in [-0.4, -0.2) is 64.6 Å². The topological polar surface area (TPSA) is 130 Å². The highest BCUT2D eigenvalue weighted by molar-refractivity contribution is 6.31. The normalized spacial score (nSPS) is 19.3. The molecule has 2 atom stereocenters. The first-order valence-electron chi connectivity index (χ1n) is 13.4. The van der Waals surface area contributed by atoms with Crippen molar-refractivity contribution in [3.8, 4) is 11.5 Å². The number of hydrogen-bond acceptors (Lipinski definition) is 7. The van der Waals surface area contributed by atoms with Gasteiger partial charge in [-0.3, -0.25) is 19.5 Å². The summed E-state index contributed by atoms with van der Waals surface area (Å²) in [6.07, 6.45) is -0.396. The van der Waals surface area contributed by atoms with E-state index in [-0.39, 0.29) is 35.9 Å². The van der Waals surface area contributed by atoms with Gasteiger partial charge in [0, 0.05) is 42.2 Å². The van der Waals surface area contributed by atoms with Gasteiger partial charge >= 0.3 is 5.97 Å². The molecule has 0 spiro atoms. The fourth-order valence-electron chi connectivity index (χ4n) is 5.14. The van der Waals surface area contributed by atoms with Crippen molar-refractivity contribution in [2.75, 3.05) is 19.7 Å². The van der Waals surface area contributed by atoms with Crippen LogP contribution in [0.2, 0.25) is 5.02 Å². The molecular weight excluding hydrogens is 560 g/mol. The largest absolute Gasteiger partial charge is 0.487 e. The molecule has 2 amide bonds. The van der Waals surface area contributed by atoms with Gasteiger partial charge in [0.2, 0.25) is 0 Å². The van der Waals surface area contributed by atoms with Crippen molar-refractivity contribution in [2.45, 2.75) is 25.2 Å². The fourth-order valence-corrected chi connectivity index (χ4v) is 5.33. The second-order valence-corrected chi connectivity index (χ2v) is 10.8. The highest BCUT2D eigenvalue weighted by Crippen LogP contribution is 2.24. The predicted octanol–water partition coefficient (Wildman–Crippen LogP) is 3.66. The second-order valence-electron chi connectivity index (χ2n) is 10.3. The molecular formula is C31H27ClN4O6. The van der Waals surface area contributed by atoms with Crippen molar-refractivity contribution < 1.29 is 29.0 Å². The molecule has 3 aromatic carbocycles. The minimum absolute atomic E-state index is 0.102. The minimum Gasteiger partial charge on any atom is -0.487 e. The Labute approximate surface area is 246 Å². The van der Waals surface area contributed by atoms with E-state index in [1.54, 1.807) is 0 Å². The quantitative estimate of drug-likeness (QED) is 0.332. The van der Waals surface area contributed by atoms with Crippen LogP contribution in [0.15, 0.2) is 72.8 Å². The van der Waals surface area contributed by atoms with Crippen LogP contribution in [0, 0.1) is 0 Å². The number of fused-ring (bicyclic) bond motifs is 8. The number of ether oxygens (including phenoxy) is 2. The molecule has 1 saturated heterocycles. The smallest absolute Gasteiger partial charge is 0.335 e. The van der Waals surface area contributed by atoms with Crippen LogP contribution in [0.5, 0.6) is 11.5 Å². The van der Waals surface area contributed by atoms with E-state index in [0.29, 0.717) is 30.4 Å². The lowest BCUT2D eigenvalue weighted by molar-refractivity contribution is -0.123. The molecule has 1 aromatic heterocycles. The summed E-state index contributed by atoms with van der Waals surface area (Å²) in [5.74, 6) is -1.35. The number of rotatable bonds is 3. The van der Waals surface area contributed by atoms with E-state index >= 15 is 0 Å². The molecule has 0 unspecified atom stereocenters. The zero-order valence-corrected chi connectivity index (χ0v) is 23.1. The molecule has 0 saturated carbocycles. The second kappa shape index (κ2) is 11.7. The third kappa shape index (κ3) is 6.29. The summed E-state index contributed by atoms with van der Waals surface area (Å²) in [6, 6.07) is 20.5. The average molecular weight is 587 g/mol. The van der Waals surface area contributed by atoms with Crippen LogP contribution < -0.4 is 20.1 Å². The standard InChI is InChI=1S/C31H27ClN4O6/c32-22-4-8-26-19(10-22)3-5-23(34-26)14-36-15-27-28(16-36)42-24-6-1-18(2-7-24)13-33-29(37)17-41-25-11-20(30(38)35-27)9-21(12-25)31(39)40/h1-12,27-28H,13-17H2,(H,33,37)(H,35,38)(H,39,40)/t27-,28-/m0/s1. The summed E-state index contributed by atoms with van der Waals surface area (Å²) in [7, 11) is 0. The molecule has 4 bridgehead atoms. The number of carboxylic acid groups (broad SMARTS) is 1. The number of benzene rings is 3. The lowest BCUT2D eigenvalue weighted by Crippen LogP contribution is -2.45. The Morgan fingerprint density at radius 1 is 1.00 bits per heavy atom. The third-order valence-electron chi connectivity index (χ3n) is 7.24. The maximum absolute atomic E-state index is 13.4. The summed E-state index contributed by atoms with van der Waals surface area (Å²) in [5.41, 5.74) is 2.56. The number of likely N-dealkylation sites (tertiary alicyclic amines) is 1. The van der Waals surface area contributed by atoms with Crippen LogP contribution in [0.1, 0.15) is 32.0 Å². The molecule has 214 valence electrons. The summed E-state index contributed by atoms with van der Waals surface area (Å²) in [4.78, 5) is 44.4. The lowest BCUT2D eigenvalue weighted by Gasteiger charge is -2.21. The van der Waals surface area contributed by atoms with Gasteiger partial charge in [-0.05, 0) is 60.2 Å². The molecule has 3 aliphatic heterocycles. The number of carbonyl (C=O) groups is 3. The Morgan fingerprint density at radius 3 is 2.64 bits per heavy atom. The van der Waals surface area contributed by atoms with Crippen molar-refractivity contribution in [3.05, 3.63) is 100 Å². The zero-order valence-electron chi connectivity index (χ0n) is 22.4. The van der Waals surface area contributed by atoms with Crippen LogP contribution in [0.25, 0.3) is 10.9 Å². The van der Waals surface area contributed by atoms with Gasteiger partial charge in [-0.2, -0.15) is 0 Å². The molecule has 3 aliphatic rings. The summed E-state index contributed by atoms with van der Waals surface area (Å²) < 4.78 is 11.9. The molecule has 7 rings (SSSR count). The fraction of sp³-hybridized carbons (Fsp3) is 0.226. The van der Waals surface area contributed by atoms with Gasteiger partial charge in [0.05, 0.1) is 22.8 Å². The lowest BCUT2D eigenvalue weighted by atomic mass is 10.1. The van der Waals surface area contributed by atoms with Crippen LogP contribution in [0.4, 0.5) is 0 Å². The number of carboxylic acids is 1. The van der Waals surface area contributed by atoms with Crippen LogP contribution in [-0.2, 0) is 17.9 Å². The van der Waals surface area contributed by atoms with Gasteiger partial charge in [0.25, 0.3) is 11.8 Å². The van der Waals surface area contributed by atoms with E-state index in [1.165, 1.54) is 18.2 Å². The van der Waals surface area contributed by atoms with Gasteiger partial charge in [-0.25, -0.2) is 4.79 Å². The van der Waals surface area contributed by atoms with E-state index in [9.17, 15) is 19.5 Å². The number of nitrogens with one attached hydrogen (secondary N) is 2. The molecule has 4 aromatic rings. The highest BCUT2D eigenvalue weighted by Gasteiger charge is 2.36. The van der Waals surface area contributed by atoms with Gasteiger partial charge in [0.1, 0.15) is 17.6 Å². The summed E-state index contributed by atoms with van der Waals surface area (Å²) in [5, 5.41) is 17.0. The number of aromatic carboxylic acids is 1. The molecule has 0 radical (unpaired) electrons. The van der Waals surface area contributed by atoms with Crippen molar-refractivity contribution in [1.82, 2.24) is 20.5 Å². The van der Waals surface area contributed by atoms with E-state index in [0.717, 1.165) is 22.2 Å². The first-order valence-corrected chi connectivity index (χ1v) is 13.8. The number of hydrogen-bond donors (Lipinski definition) is 3. The predicted molar refractivity (Wildman–Crippen MR) is 155 cm³/mol. The first kappa shape index (κ1) is 27.5. The maximum atomic E-state index is 13.4. The van der Waals surface area contributed by atoms with Gasteiger partial charge < -0.3 is 25.2 Å². The Hall–Kier alpha value is -4.67.